The van der Waals surface area contributed by atoms with E-state index in [-0.39, 0.29) is 11.4 Å². The number of nitrogens with zero attached hydrogens (tertiary/aromatic N) is 2. The number of benzene rings is 3. The number of nitro groups is 1. The summed E-state index contributed by atoms with van der Waals surface area (Å²) in [6.07, 6.45) is 0. The quantitative estimate of drug-likeness (QED) is 0.167. The van der Waals surface area contributed by atoms with Crippen molar-refractivity contribution >= 4 is 34.9 Å². The zero-order valence-corrected chi connectivity index (χ0v) is 17.6. The first-order valence-electron chi connectivity index (χ1n) is 9.24. The Morgan fingerprint density at radius 3 is 2.19 bits per heavy atom. The van der Waals surface area contributed by atoms with Gasteiger partial charge in [-0.2, -0.15) is 0 Å². The van der Waals surface area contributed by atoms with Crippen LogP contribution in [0.25, 0.3) is 0 Å². The van der Waals surface area contributed by atoms with Crippen LogP contribution in [0.5, 0.6) is 0 Å². The van der Waals surface area contributed by atoms with Gasteiger partial charge in [0.1, 0.15) is 0 Å². The first-order chi connectivity index (χ1) is 14.8. The molecule has 3 aromatic rings. The second-order valence-electron chi connectivity index (χ2n) is 6.55. The van der Waals surface area contributed by atoms with Crippen molar-refractivity contribution in [3.63, 3.8) is 0 Å². The van der Waals surface area contributed by atoms with Gasteiger partial charge < -0.3 is 4.84 Å². The predicted octanol–water partition coefficient (Wildman–Crippen LogP) is 5.20. The van der Waals surface area contributed by atoms with E-state index in [0.717, 1.165) is 9.79 Å². The third-order valence-electron chi connectivity index (χ3n) is 4.25. The van der Waals surface area contributed by atoms with Crippen molar-refractivity contribution in [2.75, 3.05) is 0 Å². The summed E-state index contributed by atoms with van der Waals surface area (Å²) in [5.74, 6) is -1.14. The first-order valence-corrected chi connectivity index (χ1v) is 10.1. The zero-order valence-electron chi connectivity index (χ0n) is 16.8. The molecular weight excluding hydrogens is 416 g/mol. The highest BCUT2D eigenvalue weighted by Gasteiger charge is 2.21. The maximum Gasteiger partial charge on any atom is 0.332 e. The fourth-order valence-electron chi connectivity index (χ4n) is 2.79. The Hall–Kier alpha value is -3.78. The monoisotopic (exact) mass is 434 g/mol. The molecule has 0 aliphatic rings. The van der Waals surface area contributed by atoms with Gasteiger partial charge in [0, 0.05) is 40.0 Å². The molecule has 0 aliphatic carbocycles. The fourth-order valence-corrected chi connectivity index (χ4v) is 3.62. The second kappa shape index (κ2) is 9.82. The van der Waals surface area contributed by atoms with Crippen molar-refractivity contribution in [3.8, 4) is 0 Å². The third-order valence-corrected chi connectivity index (χ3v) is 5.27. The molecule has 0 unspecified atom stereocenters. The Bertz CT molecular complexity index is 1160. The van der Waals surface area contributed by atoms with E-state index < -0.39 is 16.7 Å². The van der Waals surface area contributed by atoms with Crippen LogP contribution in [0.15, 0.2) is 87.7 Å². The molecule has 0 atom stereocenters. The molecule has 0 aromatic heterocycles. The van der Waals surface area contributed by atoms with Gasteiger partial charge in [-0.15, -0.1) is 0 Å². The molecule has 0 N–H and O–H groups in total. The van der Waals surface area contributed by atoms with Crippen LogP contribution in [-0.2, 0) is 9.63 Å². The van der Waals surface area contributed by atoms with Crippen LogP contribution in [0, 0.1) is 17.0 Å². The summed E-state index contributed by atoms with van der Waals surface area (Å²) in [6, 6.07) is 20.8. The average Bonchev–Trinajstić information content (AvgIpc) is 2.75. The maximum atomic E-state index is 13.1. The highest BCUT2D eigenvalue weighted by Crippen LogP contribution is 2.28. The summed E-state index contributed by atoms with van der Waals surface area (Å²) in [5.41, 5.74) is 0.944. The van der Waals surface area contributed by atoms with Crippen LogP contribution in [-0.4, -0.2) is 22.4 Å². The van der Waals surface area contributed by atoms with Crippen LogP contribution in [0.4, 0.5) is 5.69 Å². The van der Waals surface area contributed by atoms with Gasteiger partial charge in [-0.3, -0.25) is 14.9 Å². The van der Waals surface area contributed by atoms with Gasteiger partial charge in [-0.05, 0) is 55.0 Å². The van der Waals surface area contributed by atoms with E-state index in [0.29, 0.717) is 16.7 Å². The van der Waals surface area contributed by atoms with E-state index in [1.54, 1.807) is 30.8 Å². The molecule has 3 rings (SSSR count). The van der Waals surface area contributed by atoms with Crippen LogP contribution in [0.1, 0.15) is 28.4 Å². The van der Waals surface area contributed by atoms with Crippen molar-refractivity contribution < 1.29 is 19.3 Å². The van der Waals surface area contributed by atoms with E-state index >= 15 is 0 Å². The Labute approximate surface area is 182 Å². The molecule has 3 aromatic carbocycles. The van der Waals surface area contributed by atoms with Crippen molar-refractivity contribution in [3.05, 3.63) is 99.6 Å². The molecule has 0 amide bonds. The molecule has 8 heteroatoms. The summed E-state index contributed by atoms with van der Waals surface area (Å²) >= 11 is 1.56. The number of carbonyl (C=O) groups excluding carboxylic acids is 2. The molecule has 0 radical (unpaired) electrons. The largest absolute Gasteiger partial charge is 0.332 e. The van der Waals surface area contributed by atoms with Crippen LogP contribution in [0.3, 0.4) is 0 Å². The Balaban J connectivity index is 1.91. The minimum atomic E-state index is -0.681. The molecule has 31 heavy (non-hydrogen) atoms. The van der Waals surface area contributed by atoms with Gasteiger partial charge >= 0.3 is 5.97 Å². The lowest BCUT2D eigenvalue weighted by atomic mass is 9.97. The average molecular weight is 434 g/mol. The lowest BCUT2D eigenvalue weighted by Gasteiger charge is -2.09. The number of rotatable bonds is 7. The van der Waals surface area contributed by atoms with Crippen LogP contribution < -0.4 is 0 Å². The van der Waals surface area contributed by atoms with Gasteiger partial charge in [0.25, 0.3) is 5.69 Å². The molecule has 0 spiro atoms. The van der Waals surface area contributed by atoms with E-state index in [9.17, 15) is 19.7 Å². The number of hydrogen-bond donors (Lipinski definition) is 0. The van der Waals surface area contributed by atoms with Gasteiger partial charge in [0.2, 0.25) is 5.78 Å². The SMILES string of the molecule is CC(=O)O/N=C(\C(=O)c1ccc(Sc2ccccc2)cc1)c1ccc([N+](=O)[O-])cc1C. The number of oxime groups is 1. The molecular formula is C23H18N2O5S. The first kappa shape index (κ1) is 21.9. The summed E-state index contributed by atoms with van der Waals surface area (Å²) in [5, 5.41) is 14.7. The highest BCUT2D eigenvalue weighted by molar-refractivity contribution is 7.99. The Morgan fingerprint density at radius 1 is 0.968 bits per heavy atom. The van der Waals surface area contributed by atoms with Crippen LogP contribution >= 0.6 is 11.8 Å². The topological polar surface area (TPSA) is 98.9 Å². The molecule has 0 bridgehead atoms. The minimum absolute atomic E-state index is 0.105. The number of aryl methyl sites for hydroxylation is 1. The van der Waals surface area contributed by atoms with Crippen molar-refractivity contribution in [2.45, 2.75) is 23.6 Å². The molecule has 0 saturated heterocycles. The standard InChI is InChI=1S/C23H18N2O5S/c1-15-14-18(25(28)29)10-13-21(15)22(24-30-16(2)26)23(27)17-8-11-20(12-9-17)31-19-6-4-3-5-7-19/h3-14H,1-2H3/b24-22-. The number of carbonyl (C=O) groups is 2. The number of hydrogen-bond acceptors (Lipinski definition) is 7. The van der Waals surface area contributed by atoms with E-state index in [2.05, 4.69) is 5.16 Å². The third kappa shape index (κ3) is 5.64. The number of nitro benzene ring substituents is 1. The summed E-state index contributed by atoms with van der Waals surface area (Å²) < 4.78 is 0. The minimum Gasteiger partial charge on any atom is -0.318 e. The number of ketones is 1. The van der Waals surface area contributed by atoms with Crippen molar-refractivity contribution in [1.82, 2.24) is 0 Å². The van der Waals surface area contributed by atoms with E-state index in [4.69, 9.17) is 4.84 Å². The normalized spacial score (nSPS) is 11.1. The Kier molecular flexibility index (Phi) is 6.94. The molecule has 0 saturated carbocycles. The summed E-state index contributed by atoms with van der Waals surface area (Å²) in [4.78, 5) is 41.6. The smallest absolute Gasteiger partial charge is 0.318 e. The fraction of sp³-hybridized carbons (Fsp3) is 0.0870. The van der Waals surface area contributed by atoms with Gasteiger partial charge in [-0.25, -0.2) is 4.79 Å². The highest BCUT2D eigenvalue weighted by atomic mass is 32.2. The lowest BCUT2D eigenvalue weighted by Crippen LogP contribution is -2.18. The van der Waals surface area contributed by atoms with Crippen LogP contribution in [0.2, 0.25) is 0 Å². The van der Waals surface area contributed by atoms with E-state index in [1.807, 2.05) is 42.5 Å². The molecule has 0 aliphatic heterocycles. The molecule has 0 fully saturated rings. The van der Waals surface area contributed by atoms with Crippen molar-refractivity contribution in [2.24, 2.45) is 5.16 Å². The predicted molar refractivity (Wildman–Crippen MR) is 117 cm³/mol. The second-order valence-corrected chi connectivity index (χ2v) is 7.69. The zero-order chi connectivity index (χ0) is 22.4. The Morgan fingerprint density at radius 2 is 1.61 bits per heavy atom. The molecule has 156 valence electrons. The summed E-state index contributed by atoms with van der Waals surface area (Å²) in [7, 11) is 0. The van der Waals surface area contributed by atoms with Gasteiger partial charge in [0.05, 0.1) is 4.92 Å². The maximum absolute atomic E-state index is 13.1. The van der Waals surface area contributed by atoms with E-state index in [1.165, 1.54) is 25.1 Å². The summed E-state index contributed by atoms with van der Waals surface area (Å²) in [6.45, 7) is 2.79. The molecule has 7 nitrogen and oxygen atoms in total. The van der Waals surface area contributed by atoms with Gasteiger partial charge in [-0.1, -0.05) is 35.1 Å². The number of non-ortho nitro benzene ring substituents is 1. The van der Waals surface area contributed by atoms with Crippen molar-refractivity contribution in [1.29, 1.82) is 0 Å². The number of Topliss-reactive ketones (excluding diaryl/α,β-unsaturated/α-hetero) is 1. The lowest BCUT2D eigenvalue weighted by molar-refractivity contribution is -0.384. The van der Waals surface area contributed by atoms with Gasteiger partial charge in [0.15, 0.2) is 5.71 Å². The molecule has 0 heterocycles.